The van der Waals surface area contributed by atoms with E-state index in [-0.39, 0.29) is 0 Å². The Morgan fingerprint density at radius 3 is 2.76 bits per heavy atom. The van der Waals surface area contributed by atoms with Crippen molar-refractivity contribution in [3.8, 4) is 11.4 Å². The van der Waals surface area contributed by atoms with Crippen molar-refractivity contribution in [2.45, 2.75) is 13.5 Å². The zero-order valence-corrected chi connectivity index (χ0v) is 13.1. The molecule has 0 aliphatic heterocycles. The first kappa shape index (κ1) is 13.8. The maximum absolute atomic E-state index is 5.97. The smallest absolute Gasteiger partial charge is 0.182 e. The third kappa shape index (κ3) is 2.67. The van der Waals surface area contributed by atoms with E-state index >= 15 is 0 Å². The predicted octanol–water partition coefficient (Wildman–Crippen LogP) is 3.04. The van der Waals surface area contributed by atoms with Crippen molar-refractivity contribution in [1.82, 2.24) is 20.2 Å². The van der Waals surface area contributed by atoms with Crippen molar-refractivity contribution < 1.29 is 0 Å². The molecule has 0 unspecified atom stereocenters. The van der Waals surface area contributed by atoms with E-state index in [0.717, 1.165) is 32.7 Å². The second kappa shape index (κ2) is 5.65. The van der Waals surface area contributed by atoms with E-state index < -0.39 is 0 Å². The number of nitrogens with two attached hydrogens (primary N) is 1. The van der Waals surface area contributed by atoms with Crippen molar-refractivity contribution in [3.63, 3.8) is 0 Å². The zero-order valence-electron chi connectivity index (χ0n) is 11.5. The van der Waals surface area contributed by atoms with E-state index in [4.69, 9.17) is 5.73 Å². The summed E-state index contributed by atoms with van der Waals surface area (Å²) in [6, 6.07) is 13.8. The van der Waals surface area contributed by atoms with Crippen LogP contribution in [0, 0.1) is 6.92 Å². The average molecular weight is 344 g/mol. The van der Waals surface area contributed by atoms with Gasteiger partial charge in [0.25, 0.3) is 0 Å². The van der Waals surface area contributed by atoms with E-state index in [1.165, 1.54) is 0 Å². The highest BCUT2D eigenvalue weighted by Gasteiger charge is 2.13. The van der Waals surface area contributed by atoms with E-state index in [9.17, 15) is 0 Å². The highest BCUT2D eigenvalue weighted by molar-refractivity contribution is 9.10. The van der Waals surface area contributed by atoms with Crippen molar-refractivity contribution in [2.24, 2.45) is 0 Å². The lowest BCUT2D eigenvalue weighted by Gasteiger charge is -2.09. The van der Waals surface area contributed by atoms with Gasteiger partial charge in [0.2, 0.25) is 0 Å². The summed E-state index contributed by atoms with van der Waals surface area (Å²) in [6.07, 6.45) is 0. The number of hydrogen-bond acceptors (Lipinski definition) is 4. The minimum absolute atomic E-state index is 0.595. The van der Waals surface area contributed by atoms with Crippen LogP contribution in [-0.2, 0) is 6.54 Å². The highest BCUT2D eigenvalue weighted by Crippen LogP contribution is 2.26. The van der Waals surface area contributed by atoms with Crippen molar-refractivity contribution in [2.75, 3.05) is 5.73 Å². The fourth-order valence-corrected chi connectivity index (χ4v) is 2.60. The average Bonchev–Trinajstić information content (AvgIpc) is 2.92. The third-order valence-corrected chi connectivity index (χ3v) is 4.20. The number of tetrazole rings is 1. The first-order valence-electron chi connectivity index (χ1n) is 6.52. The Hall–Kier alpha value is -2.21. The van der Waals surface area contributed by atoms with Crippen LogP contribution in [0.4, 0.5) is 5.69 Å². The van der Waals surface area contributed by atoms with Gasteiger partial charge in [-0.1, -0.05) is 46.3 Å². The molecule has 0 fully saturated rings. The second-order valence-electron chi connectivity index (χ2n) is 4.77. The van der Waals surface area contributed by atoms with Gasteiger partial charge in [-0.3, -0.25) is 0 Å². The van der Waals surface area contributed by atoms with E-state index in [1.807, 2.05) is 49.4 Å². The number of rotatable bonds is 3. The molecule has 2 N–H and O–H groups in total. The molecular weight excluding hydrogens is 330 g/mol. The van der Waals surface area contributed by atoms with E-state index in [2.05, 4.69) is 31.5 Å². The SMILES string of the molecule is Cc1c(N)cccc1-c1nnnn1Cc1ccccc1Br. The lowest BCUT2D eigenvalue weighted by Crippen LogP contribution is -2.06. The number of aromatic nitrogens is 4. The Bertz CT molecular complexity index is 781. The Labute approximate surface area is 130 Å². The lowest BCUT2D eigenvalue weighted by atomic mass is 10.1. The molecular formula is C15H14BrN5. The van der Waals surface area contributed by atoms with Crippen LogP contribution in [0.25, 0.3) is 11.4 Å². The van der Waals surface area contributed by atoms with Crippen LogP contribution in [0.5, 0.6) is 0 Å². The molecule has 21 heavy (non-hydrogen) atoms. The van der Waals surface area contributed by atoms with Gasteiger partial charge in [-0.2, -0.15) is 0 Å². The molecule has 106 valence electrons. The number of nitrogen functional groups attached to an aromatic ring is 1. The van der Waals surface area contributed by atoms with Gasteiger partial charge in [-0.05, 0) is 40.6 Å². The van der Waals surface area contributed by atoms with E-state index in [1.54, 1.807) is 4.68 Å². The number of hydrogen-bond donors (Lipinski definition) is 1. The highest BCUT2D eigenvalue weighted by atomic mass is 79.9. The van der Waals surface area contributed by atoms with Gasteiger partial charge < -0.3 is 5.73 Å². The molecule has 6 heteroatoms. The van der Waals surface area contributed by atoms with Gasteiger partial charge in [-0.25, -0.2) is 4.68 Å². The maximum atomic E-state index is 5.97. The van der Waals surface area contributed by atoms with Crippen molar-refractivity contribution in [3.05, 3.63) is 58.1 Å². The van der Waals surface area contributed by atoms with Crippen LogP contribution in [0.15, 0.2) is 46.9 Å². The maximum Gasteiger partial charge on any atom is 0.182 e. The molecule has 0 amide bonds. The molecule has 0 bridgehead atoms. The van der Waals surface area contributed by atoms with Crippen LogP contribution in [0.2, 0.25) is 0 Å². The normalized spacial score (nSPS) is 10.8. The van der Waals surface area contributed by atoms with Crippen LogP contribution in [-0.4, -0.2) is 20.2 Å². The molecule has 0 radical (unpaired) electrons. The molecule has 5 nitrogen and oxygen atoms in total. The van der Waals surface area contributed by atoms with Crippen LogP contribution in [0.3, 0.4) is 0 Å². The summed E-state index contributed by atoms with van der Waals surface area (Å²) in [4.78, 5) is 0. The Morgan fingerprint density at radius 1 is 1.14 bits per heavy atom. The molecule has 0 saturated heterocycles. The monoisotopic (exact) mass is 343 g/mol. The zero-order chi connectivity index (χ0) is 14.8. The second-order valence-corrected chi connectivity index (χ2v) is 5.63. The van der Waals surface area contributed by atoms with Crippen LogP contribution >= 0.6 is 15.9 Å². The Morgan fingerprint density at radius 2 is 1.95 bits per heavy atom. The number of anilines is 1. The Balaban J connectivity index is 2.02. The summed E-state index contributed by atoms with van der Waals surface area (Å²) >= 11 is 3.55. The quantitative estimate of drug-likeness (QED) is 0.742. The Kier molecular flexibility index (Phi) is 3.70. The summed E-state index contributed by atoms with van der Waals surface area (Å²) in [5, 5.41) is 12.0. The standard InChI is InChI=1S/C15H14BrN5/c1-10-12(6-4-8-14(10)17)15-18-19-20-21(15)9-11-5-2-3-7-13(11)16/h2-8H,9,17H2,1H3. The van der Waals surface area contributed by atoms with Gasteiger partial charge in [0, 0.05) is 15.7 Å². The molecule has 0 saturated carbocycles. The number of halogens is 1. The first-order valence-corrected chi connectivity index (χ1v) is 7.31. The van der Waals surface area contributed by atoms with Gasteiger partial charge >= 0.3 is 0 Å². The first-order chi connectivity index (χ1) is 10.2. The van der Waals surface area contributed by atoms with Crippen molar-refractivity contribution in [1.29, 1.82) is 0 Å². The molecule has 0 atom stereocenters. The summed E-state index contributed by atoms with van der Waals surface area (Å²) in [5.74, 6) is 0.718. The van der Waals surface area contributed by atoms with Gasteiger partial charge in [0.15, 0.2) is 5.82 Å². The summed E-state index contributed by atoms with van der Waals surface area (Å²) < 4.78 is 2.82. The number of benzene rings is 2. The molecule has 0 aliphatic rings. The minimum atomic E-state index is 0.595. The molecule has 3 aromatic rings. The van der Waals surface area contributed by atoms with Crippen LogP contribution < -0.4 is 5.73 Å². The molecule has 1 aromatic heterocycles. The summed E-state index contributed by atoms with van der Waals surface area (Å²) in [5.41, 5.74) is 9.76. The fraction of sp³-hybridized carbons (Fsp3) is 0.133. The molecule has 3 rings (SSSR count). The van der Waals surface area contributed by atoms with Crippen molar-refractivity contribution >= 4 is 21.6 Å². The summed E-state index contributed by atoms with van der Waals surface area (Å²) in [6.45, 7) is 2.57. The van der Waals surface area contributed by atoms with Gasteiger partial charge in [0.05, 0.1) is 6.54 Å². The third-order valence-electron chi connectivity index (χ3n) is 3.43. The minimum Gasteiger partial charge on any atom is -0.398 e. The largest absolute Gasteiger partial charge is 0.398 e. The molecule has 0 spiro atoms. The summed E-state index contributed by atoms with van der Waals surface area (Å²) in [7, 11) is 0. The molecule has 1 heterocycles. The van der Waals surface area contributed by atoms with Gasteiger partial charge in [-0.15, -0.1) is 5.10 Å². The molecule has 2 aromatic carbocycles. The predicted molar refractivity (Wildman–Crippen MR) is 85.6 cm³/mol. The number of nitrogens with zero attached hydrogens (tertiary/aromatic N) is 4. The fourth-order valence-electron chi connectivity index (χ4n) is 2.19. The molecule has 0 aliphatic carbocycles. The van der Waals surface area contributed by atoms with Crippen LogP contribution in [0.1, 0.15) is 11.1 Å². The van der Waals surface area contributed by atoms with Gasteiger partial charge in [0.1, 0.15) is 0 Å². The topological polar surface area (TPSA) is 69.6 Å². The lowest BCUT2D eigenvalue weighted by molar-refractivity contribution is 0.651. The van der Waals surface area contributed by atoms with E-state index in [0.29, 0.717) is 6.54 Å².